The van der Waals surface area contributed by atoms with E-state index in [1.54, 1.807) is 0 Å². The molecule has 0 spiro atoms. The van der Waals surface area contributed by atoms with Gasteiger partial charge in [-0.05, 0) is 31.4 Å². The van der Waals surface area contributed by atoms with Crippen LogP contribution in [0.25, 0.3) is 0 Å². The minimum atomic E-state index is -1.19. The number of carboxylic acids is 1. The van der Waals surface area contributed by atoms with Gasteiger partial charge in [0.15, 0.2) is 6.10 Å². The topological polar surface area (TPSA) is 79.6 Å². The van der Waals surface area contributed by atoms with Crippen molar-refractivity contribution in [2.24, 2.45) is 0 Å². The van der Waals surface area contributed by atoms with E-state index in [0.29, 0.717) is 17.4 Å². The van der Waals surface area contributed by atoms with Gasteiger partial charge in [-0.3, -0.25) is 4.79 Å². The summed E-state index contributed by atoms with van der Waals surface area (Å²) in [7, 11) is 5.82. The zero-order valence-electron chi connectivity index (χ0n) is 20.1. The second-order valence-electron chi connectivity index (χ2n) is 9.61. The van der Waals surface area contributed by atoms with Crippen LogP contribution in [0.1, 0.15) is 89.1 Å². The Morgan fingerprint density at radius 3 is 2.03 bits per heavy atom. The highest BCUT2D eigenvalue weighted by atomic mass is 16.5. The Morgan fingerprint density at radius 1 is 0.935 bits per heavy atom. The second kappa shape index (κ2) is 15.1. The molecule has 1 atom stereocenters. The first kappa shape index (κ1) is 27.2. The lowest BCUT2D eigenvalue weighted by Crippen LogP contribution is -2.45. The van der Waals surface area contributed by atoms with Gasteiger partial charge < -0.3 is 23.5 Å². The van der Waals surface area contributed by atoms with Crippen molar-refractivity contribution >= 4 is 11.9 Å². The number of rotatable bonds is 18. The number of carboxylic acid groups (broad SMARTS) is 1. The average Bonchev–Trinajstić information content (AvgIpc) is 3.09. The Balaban J connectivity index is 2.09. The van der Waals surface area contributed by atoms with Crippen LogP contribution in [-0.4, -0.2) is 50.2 Å². The van der Waals surface area contributed by atoms with E-state index in [0.717, 1.165) is 62.9 Å². The van der Waals surface area contributed by atoms with E-state index in [9.17, 15) is 14.7 Å². The maximum atomic E-state index is 12.0. The van der Waals surface area contributed by atoms with E-state index in [1.165, 1.54) is 19.3 Å². The molecule has 0 radical (unpaired) electrons. The number of likely N-dealkylation sites (N-methyl/N-ethyl adjacent to an activating group) is 1. The van der Waals surface area contributed by atoms with Gasteiger partial charge in [0.05, 0.1) is 21.1 Å². The van der Waals surface area contributed by atoms with Crippen LogP contribution in [-0.2, 0) is 27.2 Å². The molecule has 1 unspecified atom stereocenters. The fourth-order valence-electron chi connectivity index (χ4n) is 3.70. The molecule has 6 nitrogen and oxygen atoms in total. The van der Waals surface area contributed by atoms with Gasteiger partial charge in [-0.15, -0.1) is 0 Å². The molecular formula is C25H43NO5. The van der Waals surface area contributed by atoms with Crippen molar-refractivity contribution in [2.45, 2.75) is 96.5 Å². The lowest BCUT2D eigenvalue weighted by molar-refractivity contribution is -0.873. The molecule has 0 N–H and O–H groups in total. The monoisotopic (exact) mass is 437 g/mol. The molecule has 6 heteroatoms. The SMILES string of the molecule is CCCCCc1ccc(CCCCCCCCC(=O)OC(CC(=O)[O-])C[N+](C)(C)C)o1. The summed E-state index contributed by atoms with van der Waals surface area (Å²) in [5.41, 5.74) is 0. The lowest BCUT2D eigenvalue weighted by Gasteiger charge is -2.29. The zero-order valence-corrected chi connectivity index (χ0v) is 20.1. The van der Waals surface area contributed by atoms with Gasteiger partial charge in [0, 0.05) is 31.7 Å². The first-order valence-corrected chi connectivity index (χ1v) is 12.0. The normalized spacial score (nSPS) is 12.6. The van der Waals surface area contributed by atoms with Gasteiger partial charge in [0.1, 0.15) is 18.1 Å². The van der Waals surface area contributed by atoms with Gasteiger partial charge >= 0.3 is 5.97 Å². The van der Waals surface area contributed by atoms with Crippen LogP contribution in [0.4, 0.5) is 0 Å². The molecular weight excluding hydrogens is 394 g/mol. The van der Waals surface area contributed by atoms with Gasteiger partial charge in [-0.1, -0.05) is 45.4 Å². The molecule has 0 bridgehead atoms. The highest BCUT2D eigenvalue weighted by molar-refractivity contribution is 5.70. The number of unbranched alkanes of at least 4 members (excludes halogenated alkanes) is 7. The summed E-state index contributed by atoms with van der Waals surface area (Å²) < 4.78 is 11.8. The van der Waals surface area contributed by atoms with Crippen LogP contribution in [0.5, 0.6) is 0 Å². The first-order chi connectivity index (χ1) is 14.7. The third-order valence-electron chi connectivity index (χ3n) is 5.24. The van der Waals surface area contributed by atoms with Gasteiger partial charge in [0.25, 0.3) is 0 Å². The molecule has 0 aliphatic carbocycles. The van der Waals surface area contributed by atoms with E-state index >= 15 is 0 Å². The van der Waals surface area contributed by atoms with Crippen molar-refractivity contribution in [2.75, 3.05) is 27.7 Å². The summed E-state index contributed by atoms with van der Waals surface area (Å²) in [5, 5.41) is 10.9. The minimum absolute atomic E-state index is 0.253. The Hall–Kier alpha value is -1.82. The Kier molecular flexibility index (Phi) is 13.2. The smallest absolute Gasteiger partial charge is 0.306 e. The molecule has 0 aliphatic heterocycles. The molecule has 1 rings (SSSR count). The predicted molar refractivity (Wildman–Crippen MR) is 120 cm³/mol. The summed E-state index contributed by atoms with van der Waals surface area (Å²) in [6.07, 6.45) is 11.5. The molecule has 1 aromatic heterocycles. The molecule has 0 saturated heterocycles. The largest absolute Gasteiger partial charge is 0.550 e. The van der Waals surface area contributed by atoms with Gasteiger partial charge in [-0.2, -0.15) is 0 Å². The van der Waals surface area contributed by atoms with Crippen molar-refractivity contribution in [1.82, 2.24) is 0 Å². The van der Waals surface area contributed by atoms with Crippen molar-refractivity contribution in [1.29, 1.82) is 0 Å². The molecule has 1 heterocycles. The fourth-order valence-corrected chi connectivity index (χ4v) is 3.70. The molecule has 178 valence electrons. The third kappa shape index (κ3) is 14.8. The van der Waals surface area contributed by atoms with Gasteiger partial charge in [0.2, 0.25) is 0 Å². The van der Waals surface area contributed by atoms with Crippen LogP contribution >= 0.6 is 0 Å². The number of ether oxygens (including phenoxy) is 1. The molecule has 0 aromatic carbocycles. The van der Waals surface area contributed by atoms with Crippen LogP contribution in [0.2, 0.25) is 0 Å². The average molecular weight is 438 g/mol. The van der Waals surface area contributed by atoms with Gasteiger partial charge in [-0.25, -0.2) is 0 Å². The van der Waals surface area contributed by atoms with Crippen molar-refractivity contribution in [3.63, 3.8) is 0 Å². The summed E-state index contributed by atoms with van der Waals surface area (Å²) >= 11 is 0. The third-order valence-corrected chi connectivity index (χ3v) is 5.24. The van der Waals surface area contributed by atoms with Crippen molar-refractivity contribution < 1.29 is 28.3 Å². The predicted octanol–water partition coefficient (Wildman–Crippen LogP) is 4.04. The number of furan rings is 1. The number of esters is 1. The van der Waals surface area contributed by atoms with E-state index in [-0.39, 0.29) is 12.4 Å². The van der Waals surface area contributed by atoms with Crippen molar-refractivity contribution in [3.8, 4) is 0 Å². The number of hydrogen-bond acceptors (Lipinski definition) is 5. The number of carbonyl (C=O) groups excluding carboxylic acids is 2. The molecule has 0 saturated carbocycles. The number of nitrogens with zero attached hydrogens (tertiary/aromatic N) is 1. The number of hydrogen-bond donors (Lipinski definition) is 0. The van der Waals surface area contributed by atoms with Crippen LogP contribution in [0.15, 0.2) is 16.5 Å². The minimum Gasteiger partial charge on any atom is -0.550 e. The zero-order chi connectivity index (χ0) is 23.1. The van der Waals surface area contributed by atoms with Crippen molar-refractivity contribution in [3.05, 3.63) is 23.7 Å². The maximum absolute atomic E-state index is 12.0. The van der Waals surface area contributed by atoms with Crippen LogP contribution in [0, 0.1) is 0 Å². The second-order valence-corrected chi connectivity index (χ2v) is 9.61. The van der Waals surface area contributed by atoms with Crippen LogP contribution in [0.3, 0.4) is 0 Å². The first-order valence-electron chi connectivity index (χ1n) is 12.0. The highest BCUT2D eigenvalue weighted by Crippen LogP contribution is 2.16. The Bertz CT molecular complexity index is 632. The molecule has 1 aromatic rings. The molecule has 0 aliphatic rings. The maximum Gasteiger partial charge on any atom is 0.306 e. The molecule has 31 heavy (non-hydrogen) atoms. The summed E-state index contributed by atoms with van der Waals surface area (Å²) in [5.74, 6) is 0.702. The van der Waals surface area contributed by atoms with E-state index in [4.69, 9.17) is 9.15 Å². The highest BCUT2D eigenvalue weighted by Gasteiger charge is 2.22. The van der Waals surface area contributed by atoms with E-state index in [1.807, 2.05) is 21.1 Å². The summed E-state index contributed by atoms with van der Waals surface area (Å²) in [6, 6.07) is 4.22. The quantitative estimate of drug-likeness (QED) is 0.197. The number of aliphatic carboxylic acids is 1. The standard InChI is InChI=1S/C25H43NO5/c1-5-6-11-14-21-17-18-22(30-21)15-12-9-7-8-10-13-16-25(29)31-23(19-24(27)28)20-26(2,3)4/h17-18,23H,5-16,19-20H2,1-4H3. The Labute approximate surface area is 188 Å². The number of quaternary nitrogens is 1. The molecule has 0 fully saturated rings. The summed E-state index contributed by atoms with van der Waals surface area (Å²) in [4.78, 5) is 22.9. The number of aryl methyl sites for hydroxylation is 2. The fraction of sp³-hybridized carbons (Fsp3) is 0.760. The van der Waals surface area contributed by atoms with Crippen LogP contribution < -0.4 is 5.11 Å². The lowest BCUT2D eigenvalue weighted by atomic mass is 10.1. The summed E-state index contributed by atoms with van der Waals surface area (Å²) in [6.45, 7) is 2.66. The molecule has 0 amide bonds. The van der Waals surface area contributed by atoms with E-state index < -0.39 is 12.1 Å². The Morgan fingerprint density at radius 2 is 1.48 bits per heavy atom. The number of carbonyl (C=O) groups is 2. The van der Waals surface area contributed by atoms with E-state index in [2.05, 4.69) is 19.1 Å².